The van der Waals surface area contributed by atoms with E-state index in [9.17, 15) is 8.42 Å². The van der Waals surface area contributed by atoms with E-state index in [0.29, 0.717) is 29.8 Å². The predicted octanol–water partition coefficient (Wildman–Crippen LogP) is 3.14. The molecule has 2 heterocycles. The molecule has 0 amide bonds. The van der Waals surface area contributed by atoms with Crippen LogP contribution in [-0.4, -0.2) is 37.5 Å². The van der Waals surface area contributed by atoms with E-state index >= 15 is 0 Å². The number of hydrogen-bond acceptors (Lipinski definition) is 3. The quantitative estimate of drug-likeness (QED) is 0.853. The Kier molecular flexibility index (Phi) is 4.69. The third-order valence-electron chi connectivity index (χ3n) is 4.81. The fourth-order valence-corrected chi connectivity index (χ4v) is 4.96. The summed E-state index contributed by atoms with van der Waals surface area (Å²) in [6.07, 6.45) is 1.68. The van der Waals surface area contributed by atoms with Crippen LogP contribution in [0.3, 0.4) is 0 Å². The van der Waals surface area contributed by atoms with Crippen molar-refractivity contribution >= 4 is 10.0 Å². The molecule has 0 bridgehead atoms. The second-order valence-corrected chi connectivity index (χ2v) is 8.23. The van der Waals surface area contributed by atoms with Crippen LogP contribution in [0, 0.1) is 13.8 Å². The van der Waals surface area contributed by atoms with E-state index in [1.54, 1.807) is 35.7 Å². The maximum absolute atomic E-state index is 12.8. The Morgan fingerprint density at radius 2 is 1.50 bits per heavy atom. The molecule has 1 aliphatic heterocycles. The summed E-state index contributed by atoms with van der Waals surface area (Å²) in [6, 6.07) is 11.2. The molecule has 0 aliphatic carbocycles. The van der Waals surface area contributed by atoms with Gasteiger partial charge in [0.25, 0.3) is 0 Å². The van der Waals surface area contributed by atoms with Crippen molar-refractivity contribution < 1.29 is 13.2 Å². The first-order valence-corrected chi connectivity index (χ1v) is 9.66. The van der Waals surface area contributed by atoms with Gasteiger partial charge in [-0.05, 0) is 63.1 Å². The number of rotatable bonds is 4. The Morgan fingerprint density at radius 1 is 0.958 bits per heavy atom. The van der Waals surface area contributed by atoms with Gasteiger partial charge in [0.15, 0.2) is 0 Å². The summed E-state index contributed by atoms with van der Waals surface area (Å²) >= 11 is 0. The Labute approximate surface area is 143 Å². The normalized spacial score (nSPS) is 17.1. The van der Waals surface area contributed by atoms with Crippen LogP contribution in [0.1, 0.15) is 30.3 Å². The Hall–Kier alpha value is -1.79. The van der Waals surface area contributed by atoms with Crippen LogP contribution >= 0.6 is 0 Å². The Balaban J connectivity index is 1.73. The van der Waals surface area contributed by atoms with Crippen molar-refractivity contribution in [2.75, 3.05) is 20.2 Å². The number of piperidine rings is 1. The molecule has 0 spiro atoms. The van der Waals surface area contributed by atoms with Crippen LogP contribution in [0.2, 0.25) is 0 Å². The molecule has 1 aromatic heterocycles. The second kappa shape index (κ2) is 6.61. The molecule has 1 aromatic carbocycles. The van der Waals surface area contributed by atoms with Crippen LogP contribution in [0.5, 0.6) is 5.75 Å². The first-order valence-electron chi connectivity index (χ1n) is 8.22. The number of ether oxygens (including phenoxy) is 1. The summed E-state index contributed by atoms with van der Waals surface area (Å²) in [5.74, 6) is 0.659. The highest BCUT2D eigenvalue weighted by Gasteiger charge is 2.30. The van der Waals surface area contributed by atoms with Crippen LogP contribution in [0.4, 0.5) is 0 Å². The molecule has 130 valence electrons. The van der Waals surface area contributed by atoms with Crippen LogP contribution < -0.4 is 4.74 Å². The molecule has 1 saturated heterocycles. The van der Waals surface area contributed by atoms with Gasteiger partial charge in [-0.25, -0.2) is 8.42 Å². The van der Waals surface area contributed by atoms with Gasteiger partial charge >= 0.3 is 0 Å². The number of nitrogens with zero attached hydrogens (tertiary/aromatic N) is 2. The molecule has 6 heteroatoms. The van der Waals surface area contributed by atoms with Crippen molar-refractivity contribution in [2.24, 2.45) is 0 Å². The highest BCUT2D eigenvalue weighted by atomic mass is 32.2. The van der Waals surface area contributed by atoms with E-state index in [1.807, 2.05) is 0 Å². The summed E-state index contributed by atoms with van der Waals surface area (Å²) in [4.78, 5) is 0.329. The zero-order chi connectivity index (χ0) is 17.3. The SMILES string of the molecule is COc1ccc(S(=O)(=O)N2CCC(n3c(C)ccc3C)CC2)cc1. The fraction of sp³-hybridized carbons (Fsp3) is 0.444. The first-order chi connectivity index (χ1) is 11.4. The number of hydrogen-bond donors (Lipinski definition) is 0. The average molecular weight is 348 g/mol. The van der Waals surface area contributed by atoms with Gasteiger partial charge in [-0.2, -0.15) is 4.31 Å². The topological polar surface area (TPSA) is 51.5 Å². The molecule has 0 N–H and O–H groups in total. The third-order valence-corrected chi connectivity index (χ3v) is 6.72. The summed E-state index contributed by atoms with van der Waals surface area (Å²) in [5, 5.41) is 0. The molecular formula is C18H24N2O3S. The summed E-state index contributed by atoms with van der Waals surface area (Å²) < 4.78 is 34.6. The number of methoxy groups -OCH3 is 1. The lowest BCUT2D eigenvalue weighted by Crippen LogP contribution is -2.39. The fourth-order valence-electron chi connectivity index (χ4n) is 3.49. The van der Waals surface area contributed by atoms with Crippen molar-refractivity contribution in [3.05, 3.63) is 47.8 Å². The molecule has 0 atom stereocenters. The number of sulfonamides is 1. The molecule has 2 aromatic rings. The maximum Gasteiger partial charge on any atom is 0.243 e. The van der Waals surface area contributed by atoms with Gasteiger partial charge in [0.1, 0.15) is 5.75 Å². The van der Waals surface area contributed by atoms with Crippen molar-refractivity contribution in [1.82, 2.24) is 8.87 Å². The van der Waals surface area contributed by atoms with Gasteiger partial charge in [-0.15, -0.1) is 0 Å². The highest BCUT2D eigenvalue weighted by Crippen LogP contribution is 2.29. The molecule has 0 radical (unpaired) electrons. The molecule has 1 fully saturated rings. The van der Waals surface area contributed by atoms with Crippen LogP contribution in [0.15, 0.2) is 41.3 Å². The summed E-state index contributed by atoms with van der Waals surface area (Å²) in [7, 11) is -1.86. The molecule has 1 aliphatic rings. The van der Waals surface area contributed by atoms with Crippen molar-refractivity contribution in [3.63, 3.8) is 0 Å². The van der Waals surface area contributed by atoms with E-state index in [0.717, 1.165) is 12.8 Å². The van der Waals surface area contributed by atoms with E-state index in [2.05, 4.69) is 30.5 Å². The third kappa shape index (κ3) is 3.08. The van der Waals surface area contributed by atoms with Crippen molar-refractivity contribution in [2.45, 2.75) is 37.6 Å². The van der Waals surface area contributed by atoms with E-state index in [-0.39, 0.29) is 0 Å². The van der Waals surface area contributed by atoms with Gasteiger partial charge in [0, 0.05) is 30.5 Å². The van der Waals surface area contributed by atoms with Crippen molar-refractivity contribution in [1.29, 1.82) is 0 Å². The number of aromatic nitrogens is 1. The number of aryl methyl sites for hydroxylation is 2. The zero-order valence-electron chi connectivity index (χ0n) is 14.4. The molecular weight excluding hydrogens is 324 g/mol. The minimum Gasteiger partial charge on any atom is -0.497 e. The second-order valence-electron chi connectivity index (χ2n) is 6.30. The summed E-state index contributed by atoms with van der Waals surface area (Å²) in [5.41, 5.74) is 2.48. The summed E-state index contributed by atoms with van der Waals surface area (Å²) in [6.45, 7) is 5.31. The largest absolute Gasteiger partial charge is 0.497 e. The van der Waals surface area contributed by atoms with Crippen LogP contribution in [0.25, 0.3) is 0 Å². The van der Waals surface area contributed by atoms with Gasteiger partial charge in [0.05, 0.1) is 12.0 Å². The molecule has 5 nitrogen and oxygen atoms in total. The molecule has 0 saturated carbocycles. The minimum absolute atomic E-state index is 0.329. The van der Waals surface area contributed by atoms with Gasteiger partial charge in [-0.3, -0.25) is 0 Å². The lowest BCUT2D eigenvalue weighted by atomic mass is 10.1. The van der Waals surface area contributed by atoms with Gasteiger partial charge in [-0.1, -0.05) is 0 Å². The van der Waals surface area contributed by atoms with E-state index in [1.165, 1.54) is 11.4 Å². The Bertz CT molecular complexity index is 782. The standard InChI is InChI=1S/C18H24N2O3S/c1-14-4-5-15(2)20(14)16-10-12-19(13-11-16)24(21,22)18-8-6-17(23-3)7-9-18/h4-9,16H,10-13H2,1-3H3. The Morgan fingerprint density at radius 3 is 2.00 bits per heavy atom. The first kappa shape index (κ1) is 17.0. The van der Waals surface area contributed by atoms with E-state index in [4.69, 9.17) is 4.74 Å². The molecule has 24 heavy (non-hydrogen) atoms. The lowest BCUT2D eigenvalue weighted by molar-refractivity contribution is 0.270. The van der Waals surface area contributed by atoms with Gasteiger partial charge in [0.2, 0.25) is 10.0 Å². The zero-order valence-corrected chi connectivity index (χ0v) is 15.2. The monoisotopic (exact) mass is 348 g/mol. The van der Waals surface area contributed by atoms with Gasteiger partial charge < -0.3 is 9.30 Å². The molecule has 3 rings (SSSR count). The average Bonchev–Trinajstić information content (AvgIpc) is 2.93. The highest BCUT2D eigenvalue weighted by molar-refractivity contribution is 7.89. The smallest absolute Gasteiger partial charge is 0.243 e. The lowest BCUT2D eigenvalue weighted by Gasteiger charge is -2.33. The molecule has 0 unspecified atom stereocenters. The predicted molar refractivity (Wildman–Crippen MR) is 93.9 cm³/mol. The maximum atomic E-state index is 12.8. The van der Waals surface area contributed by atoms with Crippen LogP contribution in [-0.2, 0) is 10.0 Å². The van der Waals surface area contributed by atoms with Crippen molar-refractivity contribution in [3.8, 4) is 5.75 Å². The minimum atomic E-state index is -3.43. The van der Waals surface area contributed by atoms with E-state index < -0.39 is 10.0 Å². The number of benzene rings is 1.